The van der Waals surface area contributed by atoms with Gasteiger partial charge in [0.1, 0.15) is 0 Å². The molecule has 0 saturated heterocycles. The van der Waals surface area contributed by atoms with Crippen LogP contribution in [0.25, 0.3) is 0 Å². The molecule has 0 bridgehead atoms. The maximum atomic E-state index is 11.5. The summed E-state index contributed by atoms with van der Waals surface area (Å²) in [5, 5.41) is 0. The number of aromatic nitrogens is 1. The summed E-state index contributed by atoms with van der Waals surface area (Å²) in [6.07, 6.45) is 7.36. The lowest BCUT2D eigenvalue weighted by Gasteiger charge is -2.10. The van der Waals surface area contributed by atoms with Gasteiger partial charge in [-0.3, -0.25) is 4.89 Å². The van der Waals surface area contributed by atoms with Crippen LogP contribution in [0.2, 0.25) is 0 Å². The second-order valence-electron chi connectivity index (χ2n) is 3.60. The highest BCUT2D eigenvalue weighted by Crippen LogP contribution is 2.18. The molecule has 1 aliphatic rings. The average molecular weight is 219 g/mol. The van der Waals surface area contributed by atoms with Crippen LogP contribution in [0.15, 0.2) is 36.0 Å². The maximum absolute atomic E-state index is 11.5. The highest BCUT2D eigenvalue weighted by atomic mass is 17.2. The predicted molar refractivity (Wildman–Crippen MR) is 57.5 cm³/mol. The molecule has 1 aromatic rings. The van der Waals surface area contributed by atoms with Crippen molar-refractivity contribution in [1.82, 2.24) is 4.98 Å². The van der Waals surface area contributed by atoms with Crippen molar-refractivity contribution in [2.75, 3.05) is 0 Å². The molecule has 0 spiro atoms. The highest BCUT2D eigenvalue weighted by Gasteiger charge is 2.15. The van der Waals surface area contributed by atoms with Crippen LogP contribution < -0.4 is 4.89 Å². The van der Waals surface area contributed by atoms with E-state index in [0.717, 1.165) is 25.7 Å². The smallest absolute Gasteiger partial charge is 0.266 e. The molecule has 0 N–H and O–H groups in total. The Morgan fingerprint density at radius 1 is 1.31 bits per heavy atom. The van der Waals surface area contributed by atoms with E-state index in [4.69, 9.17) is 9.78 Å². The van der Waals surface area contributed by atoms with Gasteiger partial charge >= 0.3 is 5.97 Å². The van der Waals surface area contributed by atoms with Crippen LogP contribution in [0.4, 0.5) is 0 Å². The molecule has 0 radical (unpaired) electrons. The van der Waals surface area contributed by atoms with Gasteiger partial charge in [-0.1, -0.05) is 12.1 Å². The third kappa shape index (κ3) is 2.82. The topological polar surface area (TPSA) is 48.4 Å². The average Bonchev–Trinajstić information content (AvgIpc) is 2.38. The van der Waals surface area contributed by atoms with Crippen molar-refractivity contribution in [2.45, 2.75) is 25.7 Å². The van der Waals surface area contributed by atoms with Crippen molar-refractivity contribution in [3.63, 3.8) is 0 Å². The zero-order valence-corrected chi connectivity index (χ0v) is 8.89. The number of rotatable bonds is 3. The van der Waals surface area contributed by atoms with Crippen LogP contribution in [0.3, 0.4) is 0 Å². The van der Waals surface area contributed by atoms with E-state index in [9.17, 15) is 4.79 Å². The van der Waals surface area contributed by atoms with Gasteiger partial charge in [-0.05, 0) is 31.7 Å². The SMILES string of the molecule is O=C(OOc1ccccn1)C1=CCCCC1. The Kier molecular flexibility index (Phi) is 3.53. The summed E-state index contributed by atoms with van der Waals surface area (Å²) in [4.78, 5) is 24.9. The Morgan fingerprint density at radius 3 is 2.94 bits per heavy atom. The number of carbonyl (C=O) groups excluding carboxylic acids is 1. The van der Waals surface area contributed by atoms with E-state index in [1.807, 2.05) is 6.08 Å². The van der Waals surface area contributed by atoms with Gasteiger partial charge < -0.3 is 0 Å². The number of allylic oxidation sites excluding steroid dienone is 1. The lowest BCUT2D eigenvalue weighted by molar-refractivity contribution is -0.210. The summed E-state index contributed by atoms with van der Waals surface area (Å²) in [5.41, 5.74) is 0.696. The normalized spacial score (nSPS) is 15.1. The molecule has 0 fully saturated rings. The maximum Gasteiger partial charge on any atom is 0.381 e. The molecule has 0 amide bonds. The number of hydrogen-bond acceptors (Lipinski definition) is 4. The first-order valence-corrected chi connectivity index (χ1v) is 5.35. The molecule has 84 valence electrons. The van der Waals surface area contributed by atoms with Crippen LogP contribution in [0.1, 0.15) is 25.7 Å². The lowest BCUT2D eigenvalue weighted by Crippen LogP contribution is -2.12. The Balaban J connectivity index is 1.86. The molecule has 4 nitrogen and oxygen atoms in total. The van der Waals surface area contributed by atoms with Gasteiger partial charge in [0.15, 0.2) is 0 Å². The molecule has 1 aliphatic carbocycles. The van der Waals surface area contributed by atoms with Gasteiger partial charge in [0, 0.05) is 17.8 Å². The van der Waals surface area contributed by atoms with E-state index in [-0.39, 0.29) is 5.88 Å². The molecule has 0 saturated carbocycles. The first-order chi connectivity index (χ1) is 7.86. The van der Waals surface area contributed by atoms with Gasteiger partial charge in [0.25, 0.3) is 5.88 Å². The minimum atomic E-state index is -0.412. The lowest BCUT2D eigenvalue weighted by atomic mass is 10.00. The van der Waals surface area contributed by atoms with Crippen molar-refractivity contribution in [1.29, 1.82) is 0 Å². The summed E-state index contributed by atoms with van der Waals surface area (Å²) in [6.45, 7) is 0. The molecular formula is C12H13NO3. The number of pyridine rings is 1. The van der Waals surface area contributed by atoms with Crippen molar-refractivity contribution >= 4 is 5.97 Å². The fourth-order valence-electron chi connectivity index (χ4n) is 1.55. The molecule has 2 rings (SSSR count). The van der Waals surface area contributed by atoms with Crippen molar-refractivity contribution in [2.24, 2.45) is 0 Å². The van der Waals surface area contributed by atoms with Crippen LogP contribution in [-0.2, 0) is 9.68 Å². The predicted octanol–water partition coefficient (Wildman–Crippen LogP) is 2.42. The molecule has 4 heteroatoms. The zero-order valence-electron chi connectivity index (χ0n) is 8.89. The monoisotopic (exact) mass is 219 g/mol. The van der Waals surface area contributed by atoms with Crippen molar-refractivity contribution in [3.05, 3.63) is 36.0 Å². The molecule has 0 unspecified atom stereocenters. The van der Waals surface area contributed by atoms with Crippen LogP contribution in [-0.4, -0.2) is 11.0 Å². The molecule has 0 aromatic carbocycles. The Hall–Kier alpha value is -1.84. The van der Waals surface area contributed by atoms with Crippen LogP contribution >= 0.6 is 0 Å². The minimum absolute atomic E-state index is 0.284. The Bertz CT molecular complexity index is 387. The summed E-state index contributed by atoms with van der Waals surface area (Å²) < 4.78 is 0. The Labute approximate surface area is 93.8 Å². The fourth-order valence-corrected chi connectivity index (χ4v) is 1.55. The summed E-state index contributed by atoms with van der Waals surface area (Å²) in [6, 6.07) is 5.15. The van der Waals surface area contributed by atoms with E-state index in [0.29, 0.717) is 5.57 Å². The second kappa shape index (κ2) is 5.30. The van der Waals surface area contributed by atoms with Gasteiger partial charge in [-0.15, -0.1) is 0 Å². The highest BCUT2D eigenvalue weighted by molar-refractivity contribution is 5.88. The van der Waals surface area contributed by atoms with Gasteiger partial charge in [-0.2, -0.15) is 0 Å². The zero-order chi connectivity index (χ0) is 11.2. The summed E-state index contributed by atoms with van der Waals surface area (Å²) in [5.74, 6) is -0.127. The Morgan fingerprint density at radius 2 is 2.25 bits per heavy atom. The van der Waals surface area contributed by atoms with E-state index in [1.54, 1.807) is 24.4 Å². The molecule has 0 aliphatic heterocycles. The number of carbonyl (C=O) groups is 1. The number of hydrogen-bond donors (Lipinski definition) is 0. The van der Waals surface area contributed by atoms with Crippen LogP contribution in [0.5, 0.6) is 5.88 Å². The first-order valence-electron chi connectivity index (χ1n) is 5.35. The first kappa shape index (κ1) is 10.7. The quantitative estimate of drug-likeness (QED) is 0.578. The molecule has 0 atom stereocenters. The minimum Gasteiger partial charge on any atom is -0.266 e. The van der Waals surface area contributed by atoms with E-state index in [1.165, 1.54) is 0 Å². The van der Waals surface area contributed by atoms with Gasteiger partial charge in [-0.25, -0.2) is 14.7 Å². The summed E-state index contributed by atoms with van der Waals surface area (Å²) in [7, 11) is 0. The largest absolute Gasteiger partial charge is 0.381 e. The molecule has 1 aromatic heterocycles. The van der Waals surface area contributed by atoms with E-state index in [2.05, 4.69) is 4.98 Å². The summed E-state index contributed by atoms with van der Waals surface area (Å²) >= 11 is 0. The van der Waals surface area contributed by atoms with Gasteiger partial charge in [0.05, 0.1) is 0 Å². The second-order valence-corrected chi connectivity index (χ2v) is 3.60. The number of nitrogens with zero attached hydrogens (tertiary/aromatic N) is 1. The third-order valence-corrected chi connectivity index (χ3v) is 2.39. The van der Waals surface area contributed by atoms with Crippen molar-refractivity contribution < 1.29 is 14.6 Å². The molecule has 16 heavy (non-hydrogen) atoms. The fraction of sp³-hybridized carbons (Fsp3) is 0.333. The molecular weight excluding hydrogens is 206 g/mol. The standard InChI is InChI=1S/C12H13NO3/c14-12(10-6-2-1-3-7-10)16-15-11-8-4-5-9-13-11/h4-6,8-9H,1-3,7H2. The third-order valence-electron chi connectivity index (χ3n) is 2.39. The van der Waals surface area contributed by atoms with E-state index >= 15 is 0 Å². The van der Waals surface area contributed by atoms with Crippen LogP contribution in [0, 0.1) is 0 Å². The van der Waals surface area contributed by atoms with Gasteiger partial charge in [0.2, 0.25) is 0 Å². The van der Waals surface area contributed by atoms with E-state index < -0.39 is 5.97 Å². The molecule has 1 heterocycles. The van der Waals surface area contributed by atoms with Crippen molar-refractivity contribution in [3.8, 4) is 5.88 Å².